The Morgan fingerprint density at radius 1 is 1.40 bits per heavy atom. The van der Waals surface area contributed by atoms with E-state index in [0.29, 0.717) is 18.4 Å². The Morgan fingerprint density at radius 2 is 2.00 bits per heavy atom. The smallest absolute Gasteiger partial charge is 0.337 e. The topological polar surface area (TPSA) is 83.5 Å². The molecule has 2 atom stereocenters. The number of aromatic carboxylic acids is 1. The summed E-state index contributed by atoms with van der Waals surface area (Å²) in [6, 6.07) is 2.10. The Bertz CT molecular complexity index is 660. The lowest BCUT2D eigenvalue weighted by atomic mass is 10.2. The lowest BCUT2D eigenvalue weighted by molar-refractivity contribution is 0.0697. The van der Waals surface area contributed by atoms with Crippen LogP contribution >= 0.6 is 23.2 Å². The number of benzene rings is 1. The van der Waals surface area contributed by atoms with Crippen molar-refractivity contribution in [3.05, 3.63) is 27.7 Å². The molecule has 1 saturated carbocycles. The second-order valence-electron chi connectivity index (χ2n) is 4.89. The molecular formula is C12H13Cl2NO4S. The molecule has 2 rings (SSSR count). The third-order valence-corrected chi connectivity index (χ3v) is 5.55. The number of nitrogens with one attached hydrogen (secondary N) is 1. The first-order chi connectivity index (χ1) is 9.22. The van der Waals surface area contributed by atoms with Gasteiger partial charge in [0.2, 0.25) is 10.0 Å². The minimum absolute atomic E-state index is 0.0998. The van der Waals surface area contributed by atoms with Gasteiger partial charge in [-0.25, -0.2) is 17.9 Å². The lowest BCUT2D eigenvalue weighted by Gasteiger charge is -2.10. The zero-order chi connectivity index (χ0) is 15.1. The van der Waals surface area contributed by atoms with Gasteiger partial charge in [0.25, 0.3) is 0 Å². The van der Waals surface area contributed by atoms with Crippen molar-refractivity contribution < 1.29 is 18.3 Å². The predicted octanol–water partition coefficient (Wildman–Crippen LogP) is 2.63. The third-order valence-electron chi connectivity index (χ3n) is 3.35. The van der Waals surface area contributed by atoms with E-state index in [9.17, 15) is 13.2 Å². The lowest BCUT2D eigenvalue weighted by Crippen LogP contribution is -2.26. The highest BCUT2D eigenvalue weighted by molar-refractivity contribution is 7.89. The average molecular weight is 338 g/mol. The van der Waals surface area contributed by atoms with Gasteiger partial charge in [0, 0.05) is 6.54 Å². The molecule has 0 bridgehead atoms. The molecule has 1 aliphatic rings. The minimum atomic E-state index is -3.85. The highest BCUT2D eigenvalue weighted by atomic mass is 35.5. The maximum absolute atomic E-state index is 12.1. The number of hydrogen-bond donors (Lipinski definition) is 2. The van der Waals surface area contributed by atoms with Gasteiger partial charge >= 0.3 is 5.97 Å². The van der Waals surface area contributed by atoms with Crippen LogP contribution in [0.1, 0.15) is 23.7 Å². The van der Waals surface area contributed by atoms with Gasteiger partial charge in [-0.1, -0.05) is 30.1 Å². The Kier molecular flexibility index (Phi) is 4.30. The van der Waals surface area contributed by atoms with Crippen LogP contribution in [-0.2, 0) is 10.0 Å². The van der Waals surface area contributed by atoms with Gasteiger partial charge < -0.3 is 5.11 Å². The second-order valence-corrected chi connectivity index (χ2v) is 7.44. The predicted molar refractivity (Wildman–Crippen MR) is 75.9 cm³/mol. The number of carboxylic acid groups (broad SMARTS) is 1. The molecule has 2 unspecified atom stereocenters. The van der Waals surface area contributed by atoms with E-state index in [1.807, 2.05) is 6.92 Å². The molecule has 0 heterocycles. The summed E-state index contributed by atoms with van der Waals surface area (Å²) in [6.07, 6.45) is 0.983. The van der Waals surface area contributed by atoms with Gasteiger partial charge in [-0.3, -0.25) is 0 Å². The van der Waals surface area contributed by atoms with Crippen LogP contribution in [0.5, 0.6) is 0 Å². The Morgan fingerprint density at radius 3 is 2.50 bits per heavy atom. The summed E-state index contributed by atoms with van der Waals surface area (Å²) >= 11 is 11.6. The van der Waals surface area contributed by atoms with Crippen LogP contribution in [0.2, 0.25) is 10.0 Å². The first-order valence-corrected chi connectivity index (χ1v) is 8.18. The molecule has 1 aromatic carbocycles. The van der Waals surface area contributed by atoms with E-state index < -0.39 is 16.0 Å². The van der Waals surface area contributed by atoms with Crippen molar-refractivity contribution in [2.75, 3.05) is 6.54 Å². The molecule has 1 fully saturated rings. The largest absolute Gasteiger partial charge is 0.478 e. The first-order valence-electron chi connectivity index (χ1n) is 5.94. The summed E-state index contributed by atoms with van der Waals surface area (Å²) in [5, 5.41) is 8.77. The van der Waals surface area contributed by atoms with Gasteiger partial charge in [-0.15, -0.1) is 0 Å². The standard InChI is InChI=1S/C12H13Cl2NO4S/c1-6-2-7(6)5-15-20(18,19)11-3-8(12(16)17)9(13)4-10(11)14/h3-4,6-7,15H,2,5H2,1H3,(H,16,17). The molecule has 0 spiro atoms. The van der Waals surface area contributed by atoms with E-state index in [0.717, 1.165) is 18.6 Å². The summed E-state index contributed by atoms with van der Waals surface area (Å²) in [5.74, 6) is -0.471. The Balaban J connectivity index is 2.30. The highest BCUT2D eigenvalue weighted by Crippen LogP contribution is 2.37. The Hall–Kier alpha value is -0.820. The molecule has 0 amide bonds. The van der Waals surface area contributed by atoms with Crippen molar-refractivity contribution in [3.63, 3.8) is 0 Å². The van der Waals surface area contributed by atoms with Crippen LogP contribution in [-0.4, -0.2) is 26.0 Å². The quantitative estimate of drug-likeness (QED) is 0.864. The molecule has 0 aromatic heterocycles. The highest BCUT2D eigenvalue weighted by Gasteiger charge is 2.34. The molecule has 0 radical (unpaired) electrons. The van der Waals surface area contributed by atoms with Crippen molar-refractivity contribution in [1.29, 1.82) is 0 Å². The van der Waals surface area contributed by atoms with Gasteiger partial charge in [0.15, 0.2) is 0 Å². The van der Waals surface area contributed by atoms with Crippen molar-refractivity contribution >= 4 is 39.2 Å². The van der Waals surface area contributed by atoms with Crippen LogP contribution in [0.25, 0.3) is 0 Å². The van der Waals surface area contributed by atoms with Crippen molar-refractivity contribution in [2.24, 2.45) is 11.8 Å². The van der Waals surface area contributed by atoms with Gasteiger partial charge in [0.05, 0.1) is 15.6 Å². The van der Waals surface area contributed by atoms with Crippen molar-refractivity contribution in [1.82, 2.24) is 4.72 Å². The van der Waals surface area contributed by atoms with E-state index in [2.05, 4.69) is 4.72 Å². The number of carbonyl (C=O) groups is 1. The van der Waals surface area contributed by atoms with Crippen molar-refractivity contribution in [3.8, 4) is 0 Å². The molecule has 2 N–H and O–H groups in total. The molecule has 110 valence electrons. The number of halogens is 2. The molecular weight excluding hydrogens is 325 g/mol. The third kappa shape index (κ3) is 3.25. The molecule has 1 aliphatic carbocycles. The summed E-state index contributed by atoms with van der Waals surface area (Å²) in [5.41, 5.74) is -0.295. The van der Waals surface area contributed by atoms with Crippen LogP contribution in [0, 0.1) is 11.8 Å². The zero-order valence-corrected chi connectivity index (χ0v) is 12.9. The number of rotatable bonds is 5. The van der Waals surface area contributed by atoms with Crippen LogP contribution in [0.15, 0.2) is 17.0 Å². The van der Waals surface area contributed by atoms with E-state index in [1.165, 1.54) is 0 Å². The van der Waals surface area contributed by atoms with E-state index in [4.69, 9.17) is 28.3 Å². The fraction of sp³-hybridized carbons (Fsp3) is 0.417. The Labute approximate surface area is 126 Å². The maximum Gasteiger partial charge on any atom is 0.337 e. The van der Waals surface area contributed by atoms with Gasteiger partial charge in [-0.05, 0) is 30.4 Å². The SMILES string of the molecule is CC1CC1CNS(=O)(=O)c1cc(C(=O)O)c(Cl)cc1Cl. The normalized spacial score (nSPS) is 21.8. The van der Waals surface area contributed by atoms with Gasteiger partial charge in [0.1, 0.15) is 4.90 Å². The summed E-state index contributed by atoms with van der Waals surface area (Å²) in [4.78, 5) is 10.7. The average Bonchev–Trinajstić information content (AvgIpc) is 3.02. The summed E-state index contributed by atoms with van der Waals surface area (Å²) in [6.45, 7) is 2.36. The van der Waals surface area contributed by atoms with Crippen LogP contribution in [0.3, 0.4) is 0 Å². The maximum atomic E-state index is 12.1. The molecule has 0 saturated heterocycles. The fourth-order valence-electron chi connectivity index (χ4n) is 1.88. The first kappa shape index (κ1) is 15.6. The monoisotopic (exact) mass is 337 g/mol. The second kappa shape index (κ2) is 5.52. The van der Waals surface area contributed by atoms with E-state index in [-0.39, 0.29) is 20.5 Å². The van der Waals surface area contributed by atoms with Gasteiger partial charge in [-0.2, -0.15) is 0 Å². The number of sulfonamides is 1. The van der Waals surface area contributed by atoms with Crippen molar-refractivity contribution in [2.45, 2.75) is 18.2 Å². The molecule has 8 heteroatoms. The minimum Gasteiger partial charge on any atom is -0.478 e. The van der Waals surface area contributed by atoms with E-state index >= 15 is 0 Å². The number of hydrogen-bond acceptors (Lipinski definition) is 3. The van der Waals surface area contributed by atoms with Crippen LogP contribution < -0.4 is 4.72 Å². The fourth-order valence-corrected chi connectivity index (χ4v) is 3.82. The molecule has 20 heavy (non-hydrogen) atoms. The van der Waals surface area contributed by atoms with Crippen LogP contribution in [0.4, 0.5) is 0 Å². The molecule has 1 aromatic rings. The molecule has 5 nitrogen and oxygen atoms in total. The molecule has 0 aliphatic heterocycles. The van der Waals surface area contributed by atoms with E-state index in [1.54, 1.807) is 0 Å². The summed E-state index contributed by atoms with van der Waals surface area (Å²) in [7, 11) is -3.85. The number of carboxylic acids is 1. The summed E-state index contributed by atoms with van der Waals surface area (Å²) < 4.78 is 26.7. The zero-order valence-electron chi connectivity index (χ0n) is 10.6.